The fourth-order valence-electron chi connectivity index (χ4n) is 2.08. The van der Waals surface area contributed by atoms with E-state index < -0.39 is 0 Å². The Labute approximate surface area is 115 Å². The summed E-state index contributed by atoms with van der Waals surface area (Å²) in [4.78, 5) is 11.2. The average molecular weight is 264 g/mol. The van der Waals surface area contributed by atoms with Crippen LogP contribution in [-0.2, 0) is 23.1 Å². The molecule has 4 N–H and O–H groups in total. The number of nitrogens with one attached hydrogen (secondary N) is 1. The minimum absolute atomic E-state index is 0.125. The predicted molar refractivity (Wildman–Crippen MR) is 76.8 cm³/mol. The first-order valence-corrected chi connectivity index (χ1v) is 6.64. The zero-order valence-corrected chi connectivity index (χ0v) is 12.2. The van der Waals surface area contributed by atoms with E-state index in [1.54, 1.807) is 0 Å². The average Bonchev–Trinajstić information content (AvgIpc) is 2.35. The molecule has 0 aliphatic rings. The largest absolute Gasteiger partial charge is 0.507 e. The highest BCUT2D eigenvalue weighted by molar-refractivity contribution is 5.75. The molecular formula is C15H24N2O2. The van der Waals surface area contributed by atoms with Crippen molar-refractivity contribution in [2.45, 2.75) is 52.4 Å². The van der Waals surface area contributed by atoms with Crippen LogP contribution in [0.4, 0.5) is 0 Å². The van der Waals surface area contributed by atoms with Gasteiger partial charge in [0, 0.05) is 6.42 Å². The summed E-state index contributed by atoms with van der Waals surface area (Å²) in [5, 5.41) is 10.3. The van der Waals surface area contributed by atoms with Gasteiger partial charge < -0.3 is 5.11 Å². The number of carbonyl (C=O) groups excluding carboxylic acids is 1. The molecule has 1 rings (SSSR count). The predicted octanol–water partition coefficient (Wildman–Crippen LogP) is 2.17. The Morgan fingerprint density at radius 3 is 2.47 bits per heavy atom. The maximum atomic E-state index is 11.2. The van der Waals surface area contributed by atoms with Gasteiger partial charge in [-0.25, -0.2) is 5.84 Å². The standard InChI is InChI=1S/C15H24N2O2/c1-5-11-8-10(6-7-13(18)17-16)9-12(14(11)19)15(2,3)4/h8-9,19H,5-7,16H2,1-4H3,(H,17,18). The van der Waals surface area contributed by atoms with Crippen molar-refractivity contribution in [3.8, 4) is 5.75 Å². The molecule has 0 heterocycles. The quantitative estimate of drug-likeness (QED) is 0.443. The molecule has 1 aromatic carbocycles. The van der Waals surface area contributed by atoms with E-state index >= 15 is 0 Å². The van der Waals surface area contributed by atoms with Crippen LogP contribution in [0.1, 0.15) is 50.8 Å². The van der Waals surface area contributed by atoms with Gasteiger partial charge in [-0.15, -0.1) is 0 Å². The highest BCUT2D eigenvalue weighted by Crippen LogP contribution is 2.34. The molecule has 4 heteroatoms. The summed E-state index contributed by atoms with van der Waals surface area (Å²) in [6, 6.07) is 3.95. The van der Waals surface area contributed by atoms with Gasteiger partial charge in [0.2, 0.25) is 5.91 Å². The van der Waals surface area contributed by atoms with Crippen LogP contribution in [0.15, 0.2) is 12.1 Å². The summed E-state index contributed by atoms with van der Waals surface area (Å²) < 4.78 is 0. The van der Waals surface area contributed by atoms with Crippen LogP contribution in [0.25, 0.3) is 0 Å². The highest BCUT2D eigenvalue weighted by Gasteiger charge is 2.20. The fourth-order valence-corrected chi connectivity index (χ4v) is 2.08. The van der Waals surface area contributed by atoms with Crippen molar-refractivity contribution in [3.05, 3.63) is 28.8 Å². The number of nitrogens with two attached hydrogens (primary N) is 1. The molecule has 0 fully saturated rings. The van der Waals surface area contributed by atoms with E-state index in [0.717, 1.165) is 23.1 Å². The Kier molecular flexibility index (Phi) is 4.95. The van der Waals surface area contributed by atoms with E-state index in [9.17, 15) is 9.90 Å². The van der Waals surface area contributed by atoms with Gasteiger partial charge in [-0.05, 0) is 34.9 Å². The second-order valence-electron chi connectivity index (χ2n) is 5.82. The number of aromatic hydroxyl groups is 1. The van der Waals surface area contributed by atoms with Gasteiger partial charge >= 0.3 is 0 Å². The Balaban J connectivity index is 3.10. The summed E-state index contributed by atoms with van der Waals surface area (Å²) >= 11 is 0. The molecule has 0 saturated heterocycles. The zero-order chi connectivity index (χ0) is 14.6. The van der Waals surface area contributed by atoms with Crippen LogP contribution in [-0.4, -0.2) is 11.0 Å². The molecule has 4 nitrogen and oxygen atoms in total. The third kappa shape index (κ3) is 3.96. The van der Waals surface area contributed by atoms with Gasteiger partial charge in [0.05, 0.1) is 0 Å². The number of phenols is 1. The van der Waals surface area contributed by atoms with Gasteiger partial charge in [0.1, 0.15) is 5.75 Å². The van der Waals surface area contributed by atoms with Gasteiger partial charge in [-0.3, -0.25) is 10.2 Å². The second kappa shape index (κ2) is 6.06. The lowest BCUT2D eigenvalue weighted by Gasteiger charge is -2.23. The molecule has 0 bridgehead atoms. The summed E-state index contributed by atoms with van der Waals surface area (Å²) in [6.07, 6.45) is 1.75. The Bertz CT molecular complexity index is 462. The number of hydrogen-bond donors (Lipinski definition) is 3. The Morgan fingerprint density at radius 1 is 1.37 bits per heavy atom. The molecule has 0 saturated carbocycles. The summed E-state index contributed by atoms with van der Waals surface area (Å²) in [7, 11) is 0. The molecule has 0 spiro atoms. The van der Waals surface area contributed by atoms with E-state index in [1.165, 1.54) is 0 Å². The smallest absolute Gasteiger partial charge is 0.234 e. The molecule has 0 aliphatic heterocycles. The number of rotatable bonds is 4. The van der Waals surface area contributed by atoms with E-state index in [-0.39, 0.29) is 11.3 Å². The lowest BCUT2D eigenvalue weighted by molar-refractivity contribution is -0.121. The maximum absolute atomic E-state index is 11.2. The summed E-state index contributed by atoms with van der Waals surface area (Å²) in [6.45, 7) is 8.21. The van der Waals surface area contributed by atoms with Crippen molar-refractivity contribution in [2.75, 3.05) is 0 Å². The van der Waals surface area contributed by atoms with E-state index in [0.29, 0.717) is 18.6 Å². The van der Waals surface area contributed by atoms with Crippen molar-refractivity contribution < 1.29 is 9.90 Å². The third-order valence-electron chi connectivity index (χ3n) is 3.24. The maximum Gasteiger partial charge on any atom is 0.234 e. The number of benzene rings is 1. The fraction of sp³-hybridized carbons (Fsp3) is 0.533. The number of phenolic OH excluding ortho intramolecular Hbond substituents is 1. The van der Waals surface area contributed by atoms with Crippen molar-refractivity contribution in [2.24, 2.45) is 5.84 Å². The first kappa shape index (κ1) is 15.5. The summed E-state index contributed by atoms with van der Waals surface area (Å²) in [5.74, 6) is 5.28. The molecule has 0 atom stereocenters. The zero-order valence-electron chi connectivity index (χ0n) is 12.2. The number of aryl methyl sites for hydroxylation is 2. The molecule has 0 aromatic heterocycles. The number of carbonyl (C=O) groups is 1. The Morgan fingerprint density at radius 2 is 2.00 bits per heavy atom. The molecule has 0 aliphatic carbocycles. The molecular weight excluding hydrogens is 240 g/mol. The van der Waals surface area contributed by atoms with Crippen LogP contribution in [0.5, 0.6) is 5.75 Å². The molecule has 1 aromatic rings. The molecule has 106 valence electrons. The topological polar surface area (TPSA) is 75.4 Å². The van der Waals surface area contributed by atoms with Crippen molar-refractivity contribution in [1.82, 2.24) is 5.43 Å². The number of hydrogen-bond acceptors (Lipinski definition) is 3. The minimum Gasteiger partial charge on any atom is -0.507 e. The van der Waals surface area contributed by atoms with Crippen molar-refractivity contribution >= 4 is 5.91 Å². The van der Waals surface area contributed by atoms with Gasteiger partial charge in [-0.1, -0.05) is 39.8 Å². The molecule has 0 unspecified atom stereocenters. The van der Waals surface area contributed by atoms with Crippen molar-refractivity contribution in [1.29, 1.82) is 0 Å². The van der Waals surface area contributed by atoms with E-state index in [4.69, 9.17) is 5.84 Å². The van der Waals surface area contributed by atoms with E-state index in [1.807, 2.05) is 19.1 Å². The third-order valence-corrected chi connectivity index (χ3v) is 3.24. The molecule has 19 heavy (non-hydrogen) atoms. The second-order valence-corrected chi connectivity index (χ2v) is 5.82. The highest BCUT2D eigenvalue weighted by atomic mass is 16.3. The van der Waals surface area contributed by atoms with Crippen LogP contribution in [0.3, 0.4) is 0 Å². The first-order valence-electron chi connectivity index (χ1n) is 6.64. The normalized spacial score (nSPS) is 11.4. The SMILES string of the molecule is CCc1cc(CCC(=O)NN)cc(C(C)(C)C)c1O. The lowest BCUT2D eigenvalue weighted by Crippen LogP contribution is -2.30. The minimum atomic E-state index is -0.177. The first-order chi connectivity index (χ1) is 8.79. The van der Waals surface area contributed by atoms with Crippen LogP contribution >= 0.6 is 0 Å². The van der Waals surface area contributed by atoms with Crippen LogP contribution < -0.4 is 11.3 Å². The number of amides is 1. The lowest BCUT2D eigenvalue weighted by atomic mass is 9.83. The van der Waals surface area contributed by atoms with Gasteiger partial charge in [0.25, 0.3) is 0 Å². The van der Waals surface area contributed by atoms with Crippen molar-refractivity contribution in [3.63, 3.8) is 0 Å². The molecule has 1 amide bonds. The van der Waals surface area contributed by atoms with Gasteiger partial charge in [-0.2, -0.15) is 0 Å². The van der Waals surface area contributed by atoms with E-state index in [2.05, 4.69) is 26.2 Å². The van der Waals surface area contributed by atoms with Crippen LogP contribution in [0, 0.1) is 0 Å². The summed E-state index contributed by atoms with van der Waals surface area (Å²) in [5.41, 5.74) is 4.92. The van der Waals surface area contributed by atoms with Gasteiger partial charge in [0.15, 0.2) is 0 Å². The monoisotopic (exact) mass is 264 g/mol. The van der Waals surface area contributed by atoms with Crippen LogP contribution in [0.2, 0.25) is 0 Å². The Hall–Kier alpha value is -1.55. The number of hydrazine groups is 1. The molecule has 0 radical (unpaired) electrons.